The minimum Gasteiger partial charge on any atom is -0.489 e. The van der Waals surface area contributed by atoms with Crippen LogP contribution in [0, 0.1) is 6.92 Å². The van der Waals surface area contributed by atoms with Crippen LogP contribution in [0.3, 0.4) is 0 Å². The van der Waals surface area contributed by atoms with Gasteiger partial charge < -0.3 is 20.3 Å². The van der Waals surface area contributed by atoms with Crippen molar-refractivity contribution in [2.45, 2.75) is 13.0 Å². The van der Waals surface area contributed by atoms with Gasteiger partial charge in [-0.2, -0.15) is 0 Å². The second kappa shape index (κ2) is 4.61. The molecule has 2 N–H and O–H groups in total. The fourth-order valence-corrected chi connectivity index (χ4v) is 3.14. The fourth-order valence-electron chi connectivity index (χ4n) is 2.59. The van der Waals surface area contributed by atoms with Gasteiger partial charge >= 0.3 is 0 Å². The van der Waals surface area contributed by atoms with E-state index in [-0.39, 0.29) is 6.04 Å². The van der Waals surface area contributed by atoms with Gasteiger partial charge in [-0.1, -0.05) is 18.3 Å². The van der Waals surface area contributed by atoms with Crippen LogP contribution >= 0.6 is 24.4 Å². The number of hydrogen-bond acceptors (Lipinski definition) is 3. The molecule has 1 aromatic carbocycles. The highest BCUT2D eigenvalue weighted by Gasteiger charge is 2.39. The maximum atomic E-state index is 5.80. The van der Waals surface area contributed by atoms with E-state index in [1.165, 1.54) is 5.56 Å². The molecule has 0 amide bonds. The van der Waals surface area contributed by atoms with Gasteiger partial charge in [-0.05, 0) is 36.8 Å². The summed E-state index contributed by atoms with van der Waals surface area (Å²) in [5, 5.41) is 0.785. The minimum atomic E-state index is 0.246. The number of nitrogens with two attached hydrogens (primary N) is 1. The Kier molecular flexibility index (Phi) is 3.06. The third kappa shape index (κ3) is 2.15. The first-order chi connectivity index (χ1) is 9.06. The molecular formula is C13H15N3OS2. The monoisotopic (exact) mass is 293 g/mol. The van der Waals surface area contributed by atoms with Crippen LogP contribution in [0.15, 0.2) is 18.2 Å². The van der Waals surface area contributed by atoms with E-state index in [9.17, 15) is 0 Å². The Labute approximate surface area is 123 Å². The summed E-state index contributed by atoms with van der Waals surface area (Å²) < 4.78 is 5.80. The van der Waals surface area contributed by atoms with Crippen LogP contribution in [0.5, 0.6) is 5.75 Å². The van der Waals surface area contributed by atoms with Crippen molar-refractivity contribution in [1.82, 2.24) is 4.90 Å². The summed E-state index contributed by atoms with van der Waals surface area (Å²) in [6.07, 6.45) is 0. The van der Waals surface area contributed by atoms with E-state index in [0.717, 1.165) is 23.1 Å². The first-order valence-corrected chi connectivity index (χ1v) is 6.98. The molecule has 100 valence electrons. The van der Waals surface area contributed by atoms with Gasteiger partial charge in [0, 0.05) is 6.54 Å². The van der Waals surface area contributed by atoms with E-state index >= 15 is 0 Å². The van der Waals surface area contributed by atoms with E-state index in [2.05, 4.69) is 17.9 Å². The zero-order valence-corrected chi connectivity index (χ0v) is 12.3. The third-order valence-electron chi connectivity index (χ3n) is 3.42. The lowest BCUT2D eigenvalue weighted by Gasteiger charge is -2.32. The first kappa shape index (κ1) is 12.6. The third-order valence-corrected chi connectivity index (χ3v) is 4.01. The van der Waals surface area contributed by atoms with Crippen molar-refractivity contribution in [3.05, 3.63) is 23.8 Å². The lowest BCUT2D eigenvalue weighted by molar-refractivity contribution is 0.270. The molecule has 1 aromatic rings. The van der Waals surface area contributed by atoms with E-state index < -0.39 is 0 Å². The van der Waals surface area contributed by atoms with Crippen LogP contribution in [0.2, 0.25) is 0 Å². The molecule has 3 rings (SSSR count). The number of hydrogen-bond donors (Lipinski definition) is 1. The molecule has 0 saturated carbocycles. The predicted molar refractivity (Wildman–Crippen MR) is 83.9 cm³/mol. The molecule has 1 unspecified atom stereocenters. The number of benzene rings is 1. The van der Waals surface area contributed by atoms with Crippen molar-refractivity contribution in [3.63, 3.8) is 0 Å². The first-order valence-electron chi connectivity index (χ1n) is 6.16. The van der Waals surface area contributed by atoms with Crippen LogP contribution < -0.4 is 15.4 Å². The smallest absolute Gasteiger partial charge is 0.177 e. The van der Waals surface area contributed by atoms with E-state index in [0.29, 0.717) is 18.1 Å². The van der Waals surface area contributed by atoms with Gasteiger partial charge in [-0.25, -0.2) is 0 Å². The quantitative estimate of drug-likeness (QED) is 0.833. The van der Waals surface area contributed by atoms with Crippen molar-refractivity contribution in [2.24, 2.45) is 5.73 Å². The van der Waals surface area contributed by atoms with Crippen LogP contribution in [-0.2, 0) is 0 Å². The Hall–Kier alpha value is -1.40. The van der Waals surface area contributed by atoms with Gasteiger partial charge in [-0.15, -0.1) is 0 Å². The highest BCUT2D eigenvalue weighted by atomic mass is 32.1. The summed E-state index contributed by atoms with van der Waals surface area (Å²) in [5.74, 6) is 0.890. The molecule has 2 aliphatic rings. The second-order valence-electron chi connectivity index (χ2n) is 4.94. The Balaban J connectivity index is 1.95. The topological polar surface area (TPSA) is 41.7 Å². The van der Waals surface area contributed by atoms with Gasteiger partial charge in [0.2, 0.25) is 0 Å². The van der Waals surface area contributed by atoms with Crippen molar-refractivity contribution in [2.75, 3.05) is 24.6 Å². The highest BCUT2D eigenvalue weighted by molar-refractivity contribution is 7.80. The van der Waals surface area contributed by atoms with Crippen molar-refractivity contribution >= 4 is 40.2 Å². The Morgan fingerprint density at radius 3 is 3.05 bits per heavy atom. The SMILES string of the molecule is Cc1ccc2c(c1)N1C(=S)N(CC(N)=S)CC1CO2. The molecule has 1 atom stereocenters. The molecule has 2 aliphatic heterocycles. The molecule has 6 heteroatoms. The van der Waals surface area contributed by atoms with Gasteiger partial charge in [-0.3, -0.25) is 0 Å². The van der Waals surface area contributed by atoms with Gasteiger partial charge in [0.15, 0.2) is 5.11 Å². The summed E-state index contributed by atoms with van der Waals surface area (Å²) in [5.41, 5.74) is 7.86. The normalized spacial score (nSPS) is 20.9. The zero-order valence-electron chi connectivity index (χ0n) is 10.6. The van der Waals surface area contributed by atoms with E-state index in [1.54, 1.807) is 0 Å². The van der Waals surface area contributed by atoms with E-state index in [4.69, 9.17) is 34.9 Å². The maximum Gasteiger partial charge on any atom is 0.177 e. The number of anilines is 1. The lowest BCUT2D eigenvalue weighted by Crippen LogP contribution is -2.41. The van der Waals surface area contributed by atoms with Crippen molar-refractivity contribution in [3.8, 4) is 5.75 Å². The molecule has 0 radical (unpaired) electrons. The van der Waals surface area contributed by atoms with Crippen LogP contribution in [-0.4, -0.2) is 40.7 Å². The average molecular weight is 293 g/mol. The standard InChI is InChI=1S/C13H15N3OS2/c1-8-2-3-11-10(4-8)16-9(7-17-11)5-15(13(16)19)6-12(14)18/h2-4,9H,5-7H2,1H3,(H2,14,18). The lowest BCUT2D eigenvalue weighted by atomic mass is 10.1. The zero-order chi connectivity index (χ0) is 13.6. The number of rotatable bonds is 2. The predicted octanol–water partition coefficient (Wildman–Crippen LogP) is 1.45. The molecule has 0 spiro atoms. The molecule has 2 heterocycles. The molecule has 4 nitrogen and oxygen atoms in total. The fraction of sp³-hybridized carbons (Fsp3) is 0.385. The van der Waals surface area contributed by atoms with Crippen molar-refractivity contribution < 1.29 is 4.74 Å². The summed E-state index contributed by atoms with van der Waals surface area (Å²) in [4.78, 5) is 4.68. The number of ether oxygens (including phenoxy) is 1. The second-order valence-corrected chi connectivity index (χ2v) is 5.82. The van der Waals surface area contributed by atoms with Gasteiger partial charge in [0.05, 0.1) is 23.3 Å². The van der Waals surface area contributed by atoms with Crippen LogP contribution in [0.25, 0.3) is 0 Å². The molecular weight excluding hydrogens is 278 g/mol. The summed E-state index contributed by atoms with van der Waals surface area (Å²) >= 11 is 10.5. The number of fused-ring (bicyclic) bond motifs is 3. The average Bonchev–Trinajstić information content (AvgIpc) is 2.66. The molecule has 0 aromatic heterocycles. The van der Waals surface area contributed by atoms with Crippen LogP contribution in [0.1, 0.15) is 5.56 Å². The largest absolute Gasteiger partial charge is 0.489 e. The van der Waals surface area contributed by atoms with Gasteiger partial charge in [0.1, 0.15) is 12.4 Å². The Bertz CT molecular complexity index is 561. The molecule has 0 aliphatic carbocycles. The Morgan fingerprint density at radius 2 is 2.32 bits per heavy atom. The molecule has 1 fully saturated rings. The number of aryl methyl sites for hydroxylation is 1. The Morgan fingerprint density at radius 1 is 1.53 bits per heavy atom. The summed E-state index contributed by atoms with van der Waals surface area (Å²) in [6.45, 7) is 4.05. The molecule has 0 bridgehead atoms. The number of thiocarbonyl (C=S) groups is 2. The summed E-state index contributed by atoms with van der Waals surface area (Å²) in [7, 11) is 0. The minimum absolute atomic E-state index is 0.246. The molecule has 19 heavy (non-hydrogen) atoms. The molecule has 1 saturated heterocycles. The maximum absolute atomic E-state index is 5.80. The highest BCUT2D eigenvalue weighted by Crippen LogP contribution is 2.38. The van der Waals surface area contributed by atoms with Gasteiger partial charge in [0.25, 0.3) is 0 Å². The number of nitrogens with zero attached hydrogens (tertiary/aromatic N) is 2. The summed E-state index contributed by atoms with van der Waals surface area (Å²) in [6, 6.07) is 6.40. The van der Waals surface area contributed by atoms with Crippen molar-refractivity contribution in [1.29, 1.82) is 0 Å². The van der Waals surface area contributed by atoms with Crippen LogP contribution in [0.4, 0.5) is 5.69 Å². The van der Waals surface area contributed by atoms with E-state index in [1.807, 2.05) is 17.0 Å².